The van der Waals surface area contributed by atoms with E-state index in [0.717, 1.165) is 0 Å². The fourth-order valence-electron chi connectivity index (χ4n) is 3.27. The lowest BCUT2D eigenvalue weighted by atomic mass is 10.1. The van der Waals surface area contributed by atoms with E-state index in [1.165, 1.54) is 23.8 Å². The summed E-state index contributed by atoms with van der Waals surface area (Å²) in [4.78, 5) is 32.4. The third kappa shape index (κ3) is 4.20. The van der Waals surface area contributed by atoms with Gasteiger partial charge in [0.05, 0.1) is 49.0 Å². The molecule has 0 radical (unpaired) electrons. The maximum atomic E-state index is 13.4. The summed E-state index contributed by atoms with van der Waals surface area (Å²) in [6.07, 6.45) is 3.21. The molecule has 4 rings (SSSR count). The van der Waals surface area contributed by atoms with Gasteiger partial charge in [-0.3, -0.25) is 19.5 Å². The van der Waals surface area contributed by atoms with Crippen LogP contribution in [0, 0.1) is 0 Å². The number of thioether (sulfide) groups is 1. The predicted molar refractivity (Wildman–Crippen MR) is 116 cm³/mol. The zero-order chi connectivity index (χ0) is 21.8. The number of ether oxygens (including phenoxy) is 2. The number of rotatable bonds is 8. The Bertz CT molecular complexity index is 1130. The van der Waals surface area contributed by atoms with Crippen molar-refractivity contribution in [2.45, 2.75) is 12.3 Å². The molecule has 2 amide bonds. The van der Waals surface area contributed by atoms with Gasteiger partial charge in [-0.1, -0.05) is 12.1 Å². The van der Waals surface area contributed by atoms with Crippen LogP contribution in [0.2, 0.25) is 0 Å². The van der Waals surface area contributed by atoms with Gasteiger partial charge in [-0.25, -0.2) is 0 Å². The predicted octanol–water partition coefficient (Wildman–Crippen LogP) is 3.91. The van der Waals surface area contributed by atoms with E-state index in [9.17, 15) is 9.59 Å². The highest BCUT2D eigenvalue weighted by molar-refractivity contribution is 8.03. The summed E-state index contributed by atoms with van der Waals surface area (Å²) in [5, 5.41) is 0. The molecule has 0 fully saturated rings. The van der Waals surface area contributed by atoms with Gasteiger partial charge in [-0.2, -0.15) is 0 Å². The number of nitrogens with zero attached hydrogens (tertiary/aromatic N) is 2. The van der Waals surface area contributed by atoms with Gasteiger partial charge in [-0.05, 0) is 42.0 Å². The van der Waals surface area contributed by atoms with Gasteiger partial charge < -0.3 is 13.9 Å². The van der Waals surface area contributed by atoms with Crippen molar-refractivity contribution in [2.24, 2.45) is 0 Å². The van der Waals surface area contributed by atoms with Gasteiger partial charge in [0.25, 0.3) is 11.8 Å². The van der Waals surface area contributed by atoms with Crippen LogP contribution >= 0.6 is 11.8 Å². The number of hydrogen-bond acceptors (Lipinski definition) is 7. The first-order valence-electron chi connectivity index (χ1n) is 9.50. The second-order valence-electron chi connectivity index (χ2n) is 6.66. The molecule has 31 heavy (non-hydrogen) atoms. The van der Waals surface area contributed by atoms with Crippen LogP contribution in [0.4, 0.5) is 0 Å². The zero-order valence-electron chi connectivity index (χ0n) is 17.0. The number of benzene rings is 1. The van der Waals surface area contributed by atoms with Crippen LogP contribution in [0.15, 0.2) is 70.3 Å². The van der Waals surface area contributed by atoms with E-state index in [4.69, 9.17) is 13.9 Å². The largest absolute Gasteiger partial charge is 0.493 e. The van der Waals surface area contributed by atoms with Crippen molar-refractivity contribution in [3.05, 3.63) is 82.9 Å². The number of carbonyl (C=O) groups is 2. The normalized spacial score (nSPS) is 13.8. The number of carbonyl (C=O) groups excluding carboxylic acids is 2. The molecule has 3 heterocycles. The van der Waals surface area contributed by atoms with Crippen LogP contribution in [-0.4, -0.2) is 35.9 Å². The van der Waals surface area contributed by atoms with Crippen molar-refractivity contribution in [3.63, 3.8) is 0 Å². The minimum absolute atomic E-state index is 0.0973. The maximum Gasteiger partial charge on any atom is 0.268 e. The Morgan fingerprint density at radius 1 is 1.00 bits per heavy atom. The molecular formula is C23H20N2O5S. The Kier molecular flexibility index (Phi) is 6.08. The van der Waals surface area contributed by atoms with Gasteiger partial charge in [0.2, 0.25) is 0 Å². The van der Waals surface area contributed by atoms with Crippen LogP contribution in [0.5, 0.6) is 11.5 Å². The van der Waals surface area contributed by atoms with E-state index < -0.39 is 0 Å². The molecule has 0 saturated heterocycles. The lowest BCUT2D eigenvalue weighted by molar-refractivity contribution is -0.137. The number of pyridine rings is 1. The van der Waals surface area contributed by atoms with Crippen LogP contribution in [0.3, 0.4) is 0 Å². The number of aromatic nitrogens is 1. The van der Waals surface area contributed by atoms with Gasteiger partial charge in [0, 0.05) is 6.20 Å². The molecule has 0 saturated carbocycles. The van der Waals surface area contributed by atoms with E-state index in [1.54, 1.807) is 56.0 Å². The topological polar surface area (TPSA) is 81.9 Å². The summed E-state index contributed by atoms with van der Waals surface area (Å²) in [5.41, 5.74) is 1.55. The van der Waals surface area contributed by atoms with Crippen LogP contribution in [0.25, 0.3) is 5.57 Å². The Balaban J connectivity index is 1.72. The van der Waals surface area contributed by atoms with E-state index in [2.05, 4.69) is 4.98 Å². The molecule has 0 spiro atoms. The molecule has 1 aliphatic heterocycles. The van der Waals surface area contributed by atoms with Crippen molar-refractivity contribution in [2.75, 3.05) is 14.2 Å². The van der Waals surface area contributed by atoms with Gasteiger partial charge in [0.1, 0.15) is 5.76 Å². The van der Waals surface area contributed by atoms with Gasteiger partial charge in [0.15, 0.2) is 11.5 Å². The third-order valence-corrected chi connectivity index (χ3v) is 5.88. The van der Waals surface area contributed by atoms with E-state index in [-0.39, 0.29) is 18.4 Å². The third-order valence-electron chi connectivity index (χ3n) is 4.78. The van der Waals surface area contributed by atoms with Crippen LogP contribution in [-0.2, 0) is 21.9 Å². The van der Waals surface area contributed by atoms with Crippen molar-refractivity contribution >= 4 is 29.1 Å². The highest BCUT2D eigenvalue weighted by Gasteiger charge is 2.39. The van der Waals surface area contributed by atoms with Crippen LogP contribution < -0.4 is 9.47 Å². The first-order chi connectivity index (χ1) is 15.1. The zero-order valence-corrected chi connectivity index (χ0v) is 17.8. The first kappa shape index (κ1) is 20.7. The number of methoxy groups -OCH3 is 2. The fraction of sp³-hybridized carbons (Fsp3) is 0.174. The minimum atomic E-state index is -0.371. The molecular weight excluding hydrogens is 416 g/mol. The summed E-state index contributed by atoms with van der Waals surface area (Å²) in [7, 11) is 3.07. The molecule has 2 aromatic heterocycles. The maximum absolute atomic E-state index is 13.4. The highest BCUT2D eigenvalue weighted by atomic mass is 32.2. The van der Waals surface area contributed by atoms with E-state index in [0.29, 0.717) is 44.7 Å². The average molecular weight is 436 g/mol. The SMILES string of the molecule is COc1ccc(C2=C(SCc3ccco3)C(=O)N(Cc3ccccn3)C2=O)cc1OC. The average Bonchev–Trinajstić information content (AvgIpc) is 3.40. The van der Waals surface area contributed by atoms with Crippen molar-refractivity contribution < 1.29 is 23.5 Å². The minimum Gasteiger partial charge on any atom is -0.493 e. The standard InChI is InChI=1S/C23H20N2O5S/c1-28-18-9-8-15(12-19(18)29-2)20-21(31-14-17-7-5-11-30-17)23(27)25(22(20)26)13-16-6-3-4-10-24-16/h3-12H,13-14H2,1-2H3. The summed E-state index contributed by atoms with van der Waals surface area (Å²) in [5.74, 6) is 1.44. The van der Waals surface area contributed by atoms with Crippen LogP contribution in [0.1, 0.15) is 17.0 Å². The molecule has 158 valence electrons. The van der Waals surface area contributed by atoms with Crippen molar-refractivity contribution in [1.29, 1.82) is 0 Å². The number of furan rings is 1. The lowest BCUT2D eigenvalue weighted by Crippen LogP contribution is -2.31. The molecule has 0 unspecified atom stereocenters. The number of amides is 2. The summed E-state index contributed by atoms with van der Waals surface area (Å²) in [6.45, 7) is 0.0973. The smallest absolute Gasteiger partial charge is 0.268 e. The fourth-order valence-corrected chi connectivity index (χ4v) is 4.30. The molecule has 7 nitrogen and oxygen atoms in total. The monoisotopic (exact) mass is 436 g/mol. The Labute approximate surface area is 183 Å². The second kappa shape index (κ2) is 9.09. The number of hydrogen-bond donors (Lipinski definition) is 0. The Morgan fingerprint density at radius 3 is 2.52 bits per heavy atom. The van der Waals surface area contributed by atoms with Gasteiger partial charge >= 0.3 is 0 Å². The lowest BCUT2D eigenvalue weighted by Gasteiger charge is -2.15. The molecule has 8 heteroatoms. The number of imide groups is 1. The molecule has 1 aromatic carbocycles. The summed E-state index contributed by atoms with van der Waals surface area (Å²) >= 11 is 1.28. The molecule has 3 aromatic rings. The van der Waals surface area contributed by atoms with Crippen molar-refractivity contribution in [1.82, 2.24) is 9.88 Å². The quantitative estimate of drug-likeness (QED) is 0.495. The van der Waals surface area contributed by atoms with E-state index in [1.807, 2.05) is 12.1 Å². The summed E-state index contributed by atoms with van der Waals surface area (Å²) in [6, 6.07) is 14.2. The second-order valence-corrected chi connectivity index (χ2v) is 7.65. The summed E-state index contributed by atoms with van der Waals surface area (Å²) < 4.78 is 16.1. The molecule has 0 atom stereocenters. The Hall–Kier alpha value is -3.52. The Morgan fingerprint density at radius 2 is 1.84 bits per heavy atom. The van der Waals surface area contributed by atoms with Gasteiger partial charge in [-0.15, -0.1) is 11.8 Å². The molecule has 1 aliphatic rings. The highest BCUT2D eigenvalue weighted by Crippen LogP contribution is 2.40. The first-order valence-corrected chi connectivity index (χ1v) is 10.5. The van der Waals surface area contributed by atoms with Crippen molar-refractivity contribution in [3.8, 4) is 11.5 Å². The molecule has 0 bridgehead atoms. The molecule has 0 N–H and O–H groups in total. The molecule has 0 aliphatic carbocycles. The van der Waals surface area contributed by atoms with E-state index >= 15 is 0 Å².